The maximum Gasteiger partial charge on any atom is 0.117 e. The highest BCUT2D eigenvalue weighted by molar-refractivity contribution is 14.1. The van der Waals surface area contributed by atoms with Gasteiger partial charge in [-0.25, -0.2) is 0 Å². The minimum atomic E-state index is 0.343. The summed E-state index contributed by atoms with van der Waals surface area (Å²) in [5, 5.41) is 11.9. The van der Waals surface area contributed by atoms with Crippen LogP contribution in [0.5, 0.6) is 5.75 Å². The van der Waals surface area contributed by atoms with E-state index in [1.807, 2.05) is 24.3 Å². The lowest BCUT2D eigenvalue weighted by Gasteiger charge is -2.07. The maximum atomic E-state index is 9.47. The van der Waals surface area contributed by atoms with Crippen LogP contribution in [0.4, 0.5) is 0 Å². The molecule has 2 rings (SSSR count). The highest BCUT2D eigenvalue weighted by Gasteiger charge is 2.04. The molecule has 0 radical (unpaired) electrons. The van der Waals surface area contributed by atoms with Gasteiger partial charge in [-0.3, -0.25) is 0 Å². The highest BCUT2D eigenvalue weighted by atomic mass is 127. The summed E-state index contributed by atoms with van der Waals surface area (Å²) in [6.45, 7) is 2.15. The van der Waals surface area contributed by atoms with Crippen molar-refractivity contribution >= 4 is 33.4 Å². The molecule has 0 atom stereocenters. The van der Waals surface area contributed by atoms with Crippen molar-refractivity contribution in [2.45, 2.75) is 13.3 Å². The smallest absolute Gasteiger partial charge is 0.117 e. The Morgan fingerprint density at radius 1 is 1.29 bits per heavy atom. The molecule has 14 heavy (non-hydrogen) atoms. The Hall–Kier alpha value is -0.770. The third-order valence-corrected chi connectivity index (χ3v) is 3.23. The molecule has 1 N–H and O–H groups in total. The van der Waals surface area contributed by atoms with Gasteiger partial charge in [-0.2, -0.15) is 0 Å². The first-order valence-corrected chi connectivity index (χ1v) is 5.70. The van der Waals surface area contributed by atoms with E-state index in [-0.39, 0.29) is 0 Å². The van der Waals surface area contributed by atoms with Crippen LogP contribution in [0, 0.1) is 3.57 Å². The summed E-state index contributed by atoms with van der Waals surface area (Å²) in [4.78, 5) is 0. The van der Waals surface area contributed by atoms with E-state index >= 15 is 0 Å². The molecule has 0 aliphatic heterocycles. The Kier molecular flexibility index (Phi) is 2.63. The molecule has 0 amide bonds. The fraction of sp³-hybridized carbons (Fsp3) is 0.167. The first-order valence-electron chi connectivity index (χ1n) is 4.62. The number of halogens is 1. The summed E-state index contributed by atoms with van der Waals surface area (Å²) in [5.41, 5.74) is 1.34. The van der Waals surface area contributed by atoms with Gasteiger partial charge in [-0.05, 0) is 57.5 Å². The van der Waals surface area contributed by atoms with Crippen LogP contribution in [0.15, 0.2) is 30.3 Å². The van der Waals surface area contributed by atoms with Gasteiger partial charge in [0.25, 0.3) is 0 Å². The third kappa shape index (κ3) is 1.59. The number of aryl methyl sites for hydroxylation is 1. The van der Waals surface area contributed by atoms with Crippen molar-refractivity contribution in [3.05, 3.63) is 39.5 Å². The minimum Gasteiger partial charge on any atom is -0.508 e. The number of hydrogen-bond donors (Lipinski definition) is 1. The van der Waals surface area contributed by atoms with Gasteiger partial charge in [0.2, 0.25) is 0 Å². The Morgan fingerprint density at radius 2 is 2.07 bits per heavy atom. The van der Waals surface area contributed by atoms with Crippen LogP contribution in [0.25, 0.3) is 10.8 Å². The van der Waals surface area contributed by atoms with Gasteiger partial charge in [0.05, 0.1) is 0 Å². The Labute approximate surface area is 96.9 Å². The van der Waals surface area contributed by atoms with Gasteiger partial charge in [0.1, 0.15) is 5.75 Å². The molecule has 0 spiro atoms. The molecule has 0 unspecified atom stereocenters. The molecule has 72 valence electrons. The monoisotopic (exact) mass is 298 g/mol. The van der Waals surface area contributed by atoms with Gasteiger partial charge in [0.15, 0.2) is 0 Å². The normalized spacial score (nSPS) is 10.7. The van der Waals surface area contributed by atoms with Gasteiger partial charge in [-0.15, -0.1) is 0 Å². The van der Waals surface area contributed by atoms with E-state index < -0.39 is 0 Å². The molecule has 0 aliphatic rings. The zero-order chi connectivity index (χ0) is 10.1. The van der Waals surface area contributed by atoms with Crippen LogP contribution >= 0.6 is 22.6 Å². The van der Waals surface area contributed by atoms with Gasteiger partial charge in [0, 0.05) is 3.57 Å². The van der Waals surface area contributed by atoms with Crippen molar-refractivity contribution < 1.29 is 5.11 Å². The number of hydrogen-bond acceptors (Lipinski definition) is 1. The van der Waals surface area contributed by atoms with E-state index in [0.29, 0.717) is 5.75 Å². The molecule has 0 saturated carbocycles. The number of rotatable bonds is 1. The molecule has 0 heterocycles. The van der Waals surface area contributed by atoms with E-state index in [9.17, 15) is 5.11 Å². The summed E-state index contributed by atoms with van der Waals surface area (Å²) in [6, 6.07) is 9.84. The highest BCUT2D eigenvalue weighted by Crippen LogP contribution is 2.28. The lowest BCUT2D eigenvalue weighted by Crippen LogP contribution is -1.86. The molecule has 1 nitrogen and oxygen atoms in total. The lowest BCUT2D eigenvalue weighted by molar-refractivity contribution is 0.476. The van der Waals surface area contributed by atoms with E-state index in [1.165, 1.54) is 10.9 Å². The van der Waals surface area contributed by atoms with E-state index in [0.717, 1.165) is 15.4 Å². The second-order valence-corrected chi connectivity index (χ2v) is 4.46. The molecular formula is C12H11IO. The zero-order valence-electron chi connectivity index (χ0n) is 7.92. The van der Waals surface area contributed by atoms with Gasteiger partial charge >= 0.3 is 0 Å². The molecular weight excluding hydrogens is 287 g/mol. The molecule has 0 aromatic heterocycles. The van der Waals surface area contributed by atoms with Crippen molar-refractivity contribution in [3.63, 3.8) is 0 Å². The average molecular weight is 298 g/mol. The van der Waals surface area contributed by atoms with Crippen LogP contribution in [0.2, 0.25) is 0 Å². The number of phenolic OH excluding ortho intramolecular Hbond substituents is 1. The fourth-order valence-electron chi connectivity index (χ4n) is 1.73. The standard InChI is InChI=1S/C12H11IO/c1-2-8-4-3-5-9-6-10(14)7-11(13)12(8)9/h3-7,14H,2H2,1H3. The quantitative estimate of drug-likeness (QED) is 0.796. The van der Waals surface area contributed by atoms with Crippen molar-refractivity contribution in [2.75, 3.05) is 0 Å². The largest absolute Gasteiger partial charge is 0.508 e. The van der Waals surface area contributed by atoms with Crippen LogP contribution in [0.3, 0.4) is 0 Å². The lowest BCUT2D eigenvalue weighted by atomic mass is 10.0. The second-order valence-electron chi connectivity index (χ2n) is 3.30. The molecule has 2 aromatic carbocycles. The van der Waals surface area contributed by atoms with Crippen molar-refractivity contribution in [1.29, 1.82) is 0 Å². The first-order chi connectivity index (χ1) is 6.72. The summed E-state index contributed by atoms with van der Waals surface area (Å²) >= 11 is 2.27. The Balaban J connectivity index is 2.87. The molecule has 0 aliphatic carbocycles. The van der Waals surface area contributed by atoms with Crippen LogP contribution in [-0.2, 0) is 6.42 Å². The number of fused-ring (bicyclic) bond motifs is 1. The maximum absolute atomic E-state index is 9.47. The predicted molar refractivity (Wildman–Crippen MR) is 67.7 cm³/mol. The second kappa shape index (κ2) is 3.77. The zero-order valence-corrected chi connectivity index (χ0v) is 10.1. The molecule has 0 bridgehead atoms. The van der Waals surface area contributed by atoms with Crippen molar-refractivity contribution in [1.82, 2.24) is 0 Å². The Bertz CT molecular complexity index is 477. The number of benzene rings is 2. The van der Waals surface area contributed by atoms with Crippen LogP contribution in [-0.4, -0.2) is 5.11 Å². The number of aromatic hydroxyl groups is 1. The molecule has 2 heteroatoms. The summed E-state index contributed by atoms with van der Waals surface area (Å²) in [5.74, 6) is 0.343. The summed E-state index contributed by atoms with van der Waals surface area (Å²) in [6.07, 6.45) is 1.03. The minimum absolute atomic E-state index is 0.343. The van der Waals surface area contributed by atoms with Crippen LogP contribution in [0.1, 0.15) is 12.5 Å². The SMILES string of the molecule is CCc1cccc2cc(O)cc(I)c12. The fourth-order valence-corrected chi connectivity index (χ4v) is 2.71. The Morgan fingerprint density at radius 3 is 2.79 bits per heavy atom. The summed E-state index contributed by atoms with van der Waals surface area (Å²) < 4.78 is 1.12. The molecule has 0 saturated heterocycles. The van der Waals surface area contributed by atoms with E-state index in [1.54, 1.807) is 0 Å². The van der Waals surface area contributed by atoms with Gasteiger partial charge in [-0.1, -0.05) is 25.1 Å². The molecule has 0 fully saturated rings. The first kappa shape index (κ1) is 9.77. The summed E-state index contributed by atoms with van der Waals surface area (Å²) in [7, 11) is 0. The van der Waals surface area contributed by atoms with Crippen molar-refractivity contribution in [3.8, 4) is 5.75 Å². The number of phenols is 1. The van der Waals surface area contributed by atoms with E-state index in [4.69, 9.17) is 0 Å². The van der Waals surface area contributed by atoms with E-state index in [2.05, 4.69) is 35.6 Å². The van der Waals surface area contributed by atoms with Gasteiger partial charge < -0.3 is 5.11 Å². The third-order valence-electron chi connectivity index (χ3n) is 2.38. The predicted octanol–water partition coefficient (Wildman–Crippen LogP) is 3.71. The van der Waals surface area contributed by atoms with Crippen molar-refractivity contribution in [2.24, 2.45) is 0 Å². The molecule has 2 aromatic rings. The topological polar surface area (TPSA) is 20.2 Å². The van der Waals surface area contributed by atoms with Crippen LogP contribution < -0.4 is 0 Å². The average Bonchev–Trinajstić information content (AvgIpc) is 2.16.